The fraction of sp³-hybridized carbons (Fsp3) is 0.486. The number of carbonyl (C=O) groups is 1. The van der Waals surface area contributed by atoms with Crippen molar-refractivity contribution in [2.75, 3.05) is 13.7 Å². The van der Waals surface area contributed by atoms with Crippen LogP contribution in [0.3, 0.4) is 0 Å². The molecule has 2 fully saturated rings. The Kier molecular flexibility index (Phi) is 8.22. The minimum absolute atomic E-state index is 0.00823. The fourth-order valence-corrected chi connectivity index (χ4v) is 7.14. The number of pyridine rings is 1. The number of aryl methyl sites for hydroxylation is 1. The lowest BCUT2D eigenvalue weighted by atomic mass is 9.68. The third-order valence-electron chi connectivity index (χ3n) is 9.90. The molecule has 0 amide bonds. The number of hydrogen-bond acceptors (Lipinski definition) is 5. The number of halogens is 1. The van der Waals surface area contributed by atoms with Gasteiger partial charge in [0.1, 0.15) is 17.7 Å². The zero-order valence-electron chi connectivity index (χ0n) is 24.8. The van der Waals surface area contributed by atoms with E-state index in [1.165, 1.54) is 31.0 Å². The Bertz CT molecular complexity index is 1450. The zero-order chi connectivity index (χ0) is 29.4. The predicted octanol–water partition coefficient (Wildman–Crippen LogP) is 7.55. The van der Waals surface area contributed by atoms with E-state index in [1.807, 2.05) is 13.0 Å². The van der Waals surface area contributed by atoms with Crippen molar-refractivity contribution in [1.29, 1.82) is 0 Å². The lowest BCUT2D eigenvalue weighted by Gasteiger charge is -2.37. The van der Waals surface area contributed by atoms with Crippen LogP contribution in [-0.2, 0) is 17.8 Å². The Balaban J connectivity index is 1.32. The molecule has 7 heteroatoms. The van der Waals surface area contributed by atoms with Crippen LogP contribution >= 0.6 is 0 Å². The molecule has 0 spiro atoms. The van der Waals surface area contributed by atoms with Crippen LogP contribution in [0.25, 0.3) is 11.1 Å². The van der Waals surface area contributed by atoms with Crippen molar-refractivity contribution in [1.82, 2.24) is 9.88 Å². The first-order valence-corrected chi connectivity index (χ1v) is 15.4. The van der Waals surface area contributed by atoms with E-state index in [9.17, 15) is 9.90 Å². The minimum Gasteiger partial charge on any atom is -0.485 e. The Morgan fingerprint density at radius 1 is 1.12 bits per heavy atom. The van der Waals surface area contributed by atoms with Crippen molar-refractivity contribution < 1.29 is 23.8 Å². The molecule has 2 aromatic carbocycles. The molecule has 1 aromatic heterocycles. The van der Waals surface area contributed by atoms with Gasteiger partial charge in [0.2, 0.25) is 5.88 Å². The number of carboxylic acid groups (broad SMARTS) is 1. The number of aliphatic carboxylic acids is 1. The first kappa shape index (κ1) is 28.7. The molecule has 3 aromatic rings. The average Bonchev–Trinajstić information content (AvgIpc) is 3.38. The lowest BCUT2D eigenvalue weighted by molar-refractivity contribution is -0.142. The van der Waals surface area contributed by atoms with Crippen molar-refractivity contribution in [2.45, 2.75) is 83.4 Å². The number of carboxylic acids is 1. The van der Waals surface area contributed by atoms with Gasteiger partial charge in [0.05, 0.1) is 19.2 Å². The molecule has 0 bridgehead atoms. The maximum absolute atomic E-state index is 15.1. The Morgan fingerprint density at radius 2 is 1.95 bits per heavy atom. The van der Waals surface area contributed by atoms with Gasteiger partial charge >= 0.3 is 5.97 Å². The van der Waals surface area contributed by atoms with Gasteiger partial charge in [0, 0.05) is 24.2 Å². The zero-order valence-corrected chi connectivity index (χ0v) is 24.8. The van der Waals surface area contributed by atoms with Crippen LogP contribution in [0.2, 0.25) is 0 Å². The normalized spacial score (nSPS) is 22.1. The monoisotopic (exact) mass is 572 g/mol. The van der Waals surface area contributed by atoms with E-state index in [0.29, 0.717) is 23.4 Å². The molecule has 1 N–H and O–H groups in total. The molecule has 0 radical (unpaired) electrons. The summed E-state index contributed by atoms with van der Waals surface area (Å²) in [6.45, 7) is 5.85. The molecule has 3 aliphatic rings. The Labute approximate surface area is 247 Å². The van der Waals surface area contributed by atoms with Crippen molar-refractivity contribution >= 4 is 5.97 Å². The molecule has 2 aliphatic heterocycles. The number of benzene rings is 2. The van der Waals surface area contributed by atoms with Crippen LogP contribution < -0.4 is 9.47 Å². The summed E-state index contributed by atoms with van der Waals surface area (Å²) >= 11 is 0. The summed E-state index contributed by atoms with van der Waals surface area (Å²) in [5.74, 6) is 0.0848. The highest BCUT2D eigenvalue weighted by molar-refractivity contribution is 5.71. The number of fused-ring (bicyclic) bond motifs is 1. The summed E-state index contributed by atoms with van der Waals surface area (Å²) in [7, 11) is 1.54. The highest BCUT2D eigenvalue weighted by Gasteiger charge is 2.36. The molecule has 6 nitrogen and oxygen atoms in total. The molecule has 2 unspecified atom stereocenters. The van der Waals surface area contributed by atoms with Gasteiger partial charge < -0.3 is 14.6 Å². The molecule has 222 valence electrons. The van der Waals surface area contributed by atoms with Gasteiger partial charge in [-0.25, -0.2) is 9.37 Å². The molecular formula is C35H41FN2O4. The average molecular weight is 573 g/mol. The van der Waals surface area contributed by atoms with Gasteiger partial charge in [0.15, 0.2) is 0 Å². The second-order valence-electron chi connectivity index (χ2n) is 12.4. The lowest BCUT2D eigenvalue weighted by Crippen LogP contribution is -2.30. The van der Waals surface area contributed by atoms with Crippen molar-refractivity contribution in [3.05, 3.63) is 76.7 Å². The summed E-state index contributed by atoms with van der Waals surface area (Å²) < 4.78 is 27.1. The quantitative estimate of drug-likeness (QED) is 0.285. The molecule has 1 saturated carbocycles. The molecule has 4 atom stereocenters. The Hall–Kier alpha value is -3.45. The summed E-state index contributed by atoms with van der Waals surface area (Å²) in [5, 5.41) is 9.84. The van der Waals surface area contributed by atoms with Gasteiger partial charge in [-0.1, -0.05) is 43.7 Å². The second-order valence-corrected chi connectivity index (χ2v) is 12.4. The van der Waals surface area contributed by atoms with Crippen molar-refractivity contribution in [2.24, 2.45) is 11.8 Å². The summed E-state index contributed by atoms with van der Waals surface area (Å²) in [6, 6.07) is 14.8. The Morgan fingerprint density at radius 3 is 2.64 bits per heavy atom. The highest BCUT2D eigenvalue weighted by atomic mass is 19.1. The standard InChI is InChI=1S/C35H41FN2O4/c1-21-6-5-15-38(21)20-27-16-25(11-13-28(27)29-18-33(41-3)37-19-30(29)36)31-14-12-23-9-10-26(17-32(23)42-31)34(22(2)35(39)40)24-7-4-8-24/h9-11,13,16-19,21-22,24,31,34H,4-8,12,14-15,20H2,1-3H3,(H,39,40)/t21?,22-,31?,34-/m0/s1. The second kappa shape index (κ2) is 12.0. The molecule has 6 rings (SSSR count). The number of ether oxygens (including phenoxy) is 2. The van der Waals surface area contributed by atoms with Crippen LogP contribution in [0.1, 0.15) is 86.6 Å². The first-order chi connectivity index (χ1) is 20.3. The maximum Gasteiger partial charge on any atom is 0.306 e. The van der Waals surface area contributed by atoms with E-state index in [4.69, 9.17) is 9.47 Å². The summed E-state index contributed by atoms with van der Waals surface area (Å²) in [5.41, 5.74) is 5.71. The topological polar surface area (TPSA) is 71.9 Å². The van der Waals surface area contributed by atoms with Gasteiger partial charge in [-0.05, 0) is 97.7 Å². The van der Waals surface area contributed by atoms with Crippen molar-refractivity contribution in [3.63, 3.8) is 0 Å². The molecule has 42 heavy (non-hydrogen) atoms. The van der Waals surface area contributed by atoms with Gasteiger partial charge in [0.25, 0.3) is 0 Å². The number of hydrogen-bond donors (Lipinski definition) is 1. The molecule has 3 heterocycles. The predicted molar refractivity (Wildman–Crippen MR) is 160 cm³/mol. The van der Waals surface area contributed by atoms with Crippen LogP contribution in [0.4, 0.5) is 4.39 Å². The fourth-order valence-electron chi connectivity index (χ4n) is 7.14. The van der Waals surface area contributed by atoms with Crippen LogP contribution in [0.5, 0.6) is 11.6 Å². The minimum atomic E-state index is -0.744. The van der Waals surface area contributed by atoms with Gasteiger partial charge in [-0.2, -0.15) is 0 Å². The summed E-state index contributed by atoms with van der Waals surface area (Å²) in [6.07, 6.45) is 8.50. The van der Waals surface area contributed by atoms with E-state index < -0.39 is 11.9 Å². The largest absolute Gasteiger partial charge is 0.485 e. The van der Waals surface area contributed by atoms with Gasteiger partial charge in [-0.3, -0.25) is 9.69 Å². The van der Waals surface area contributed by atoms with Crippen molar-refractivity contribution in [3.8, 4) is 22.8 Å². The maximum atomic E-state index is 15.1. The third-order valence-corrected chi connectivity index (χ3v) is 9.90. The van der Waals surface area contributed by atoms with Crippen LogP contribution in [-0.4, -0.2) is 40.7 Å². The number of likely N-dealkylation sites (tertiary alicyclic amines) is 1. The molecular weight excluding hydrogens is 531 g/mol. The van der Waals surface area contributed by atoms with Crippen LogP contribution in [0, 0.1) is 17.7 Å². The SMILES string of the molecule is COc1cc(-c2ccc(C3CCc4ccc([C@H](C5CCC5)[C@H](C)C(=O)O)cc4O3)cc2CN2CCCC2C)c(F)cn1. The van der Waals surface area contributed by atoms with E-state index in [0.717, 1.165) is 66.8 Å². The van der Waals surface area contributed by atoms with Gasteiger partial charge in [-0.15, -0.1) is 0 Å². The van der Waals surface area contributed by atoms with E-state index in [-0.39, 0.29) is 17.8 Å². The number of aromatic nitrogens is 1. The number of nitrogens with zero attached hydrogens (tertiary/aromatic N) is 2. The van der Waals surface area contributed by atoms with E-state index >= 15 is 4.39 Å². The smallest absolute Gasteiger partial charge is 0.306 e. The molecule has 1 aliphatic carbocycles. The number of rotatable bonds is 9. The van der Waals surface area contributed by atoms with Crippen LogP contribution in [0.15, 0.2) is 48.7 Å². The van der Waals surface area contributed by atoms with E-state index in [1.54, 1.807) is 13.2 Å². The highest BCUT2D eigenvalue weighted by Crippen LogP contribution is 2.46. The summed E-state index contributed by atoms with van der Waals surface area (Å²) in [4.78, 5) is 18.5. The first-order valence-electron chi connectivity index (χ1n) is 15.4. The number of methoxy groups -OCH3 is 1. The van der Waals surface area contributed by atoms with E-state index in [2.05, 4.69) is 47.1 Å². The molecule has 1 saturated heterocycles. The third kappa shape index (κ3) is 5.63.